The molecule has 0 aliphatic rings. The third-order valence-corrected chi connectivity index (χ3v) is 3.40. The van der Waals surface area contributed by atoms with E-state index in [9.17, 15) is 4.79 Å². The summed E-state index contributed by atoms with van der Waals surface area (Å²) < 4.78 is 5.37. The molecule has 0 aliphatic carbocycles. The van der Waals surface area contributed by atoms with Gasteiger partial charge in [-0.1, -0.05) is 24.3 Å². The quantitative estimate of drug-likeness (QED) is 0.831. The molecular formula is C16H14N2O2S. The number of thioether (sulfide) groups is 1. The summed E-state index contributed by atoms with van der Waals surface area (Å²) in [6.07, 6.45) is 0. The van der Waals surface area contributed by atoms with E-state index in [1.54, 1.807) is 18.2 Å². The van der Waals surface area contributed by atoms with Crippen molar-refractivity contribution in [3.05, 3.63) is 54.6 Å². The average molecular weight is 298 g/mol. The lowest BCUT2D eigenvalue weighted by molar-refractivity contribution is -0.118. The Morgan fingerprint density at radius 3 is 2.76 bits per heavy atom. The van der Waals surface area contributed by atoms with E-state index in [0.717, 1.165) is 4.90 Å². The molecular weight excluding hydrogens is 284 g/mol. The number of ether oxygens (including phenoxy) is 1. The number of rotatable bonds is 6. The molecule has 0 fully saturated rings. The summed E-state index contributed by atoms with van der Waals surface area (Å²) in [5.74, 6) is 0.821. The van der Waals surface area contributed by atoms with Crippen molar-refractivity contribution >= 4 is 23.4 Å². The van der Waals surface area contributed by atoms with Crippen LogP contribution in [0.5, 0.6) is 5.75 Å². The van der Waals surface area contributed by atoms with Gasteiger partial charge in [0, 0.05) is 10.6 Å². The maximum absolute atomic E-state index is 11.8. The number of nitrogens with zero attached hydrogens (tertiary/aromatic N) is 1. The Hall–Kier alpha value is -2.45. The zero-order valence-corrected chi connectivity index (χ0v) is 12.1. The van der Waals surface area contributed by atoms with Crippen molar-refractivity contribution in [1.82, 2.24) is 0 Å². The molecule has 2 aromatic carbocycles. The minimum atomic E-state index is -0.221. The summed E-state index contributed by atoms with van der Waals surface area (Å²) in [5.41, 5.74) is 0.694. The molecule has 0 heterocycles. The molecule has 21 heavy (non-hydrogen) atoms. The number of nitriles is 1. The topological polar surface area (TPSA) is 62.1 Å². The van der Waals surface area contributed by atoms with Crippen LogP contribution in [0.3, 0.4) is 0 Å². The van der Waals surface area contributed by atoms with E-state index in [0.29, 0.717) is 17.2 Å². The van der Waals surface area contributed by atoms with E-state index in [4.69, 9.17) is 10.00 Å². The molecule has 0 saturated heterocycles. The molecule has 1 amide bonds. The van der Waals surface area contributed by atoms with Gasteiger partial charge in [0.2, 0.25) is 0 Å². The van der Waals surface area contributed by atoms with Crippen LogP contribution in [0.15, 0.2) is 59.5 Å². The first-order valence-corrected chi connectivity index (χ1v) is 7.34. The Balaban J connectivity index is 1.86. The fraction of sp³-hybridized carbons (Fsp3) is 0.125. The first kappa shape index (κ1) is 14.9. The Morgan fingerprint density at radius 2 is 2.00 bits per heavy atom. The van der Waals surface area contributed by atoms with Gasteiger partial charge in [-0.2, -0.15) is 5.26 Å². The fourth-order valence-electron chi connectivity index (χ4n) is 1.64. The average Bonchev–Trinajstić information content (AvgIpc) is 2.52. The minimum Gasteiger partial charge on any atom is -0.484 e. The lowest BCUT2D eigenvalue weighted by Crippen LogP contribution is -2.20. The second-order valence-corrected chi connectivity index (χ2v) is 5.17. The molecule has 1 N–H and O–H groups in total. The number of carbonyl (C=O) groups is 1. The molecule has 5 heteroatoms. The summed E-state index contributed by atoms with van der Waals surface area (Å²) in [4.78, 5) is 12.8. The van der Waals surface area contributed by atoms with Crippen LogP contribution >= 0.6 is 11.8 Å². The second kappa shape index (κ2) is 7.98. The standard InChI is InChI=1S/C16H14N2O2S/c17-9-10-21-15-8-4-5-13(11-15)18-16(19)12-20-14-6-2-1-3-7-14/h1-8,11H,10,12H2,(H,18,19). The summed E-state index contributed by atoms with van der Waals surface area (Å²) in [6, 6.07) is 18.6. The lowest BCUT2D eigenvalue weighted by Gasteiger charge is -2.08. The molecule has 2 aromatic rings. The van der Waals surface area contributed by atoms with Crippen LogP contribution in [0.4, 0.5) is 5.69 Å². The minimum absolute atomic E-state index is 0.0421. The van der Waals surface area contributed by atoms with Crippen LogP contribution < -0.4 is 10.1 Å². The van der Waals surface area contributed by atoms with Gasteiger partial charge in [-0.15, -0.1) is 11.8 Å². The van der Waals surface area contributed by atoms with Gasteiger partial charge in [-0.25, -0.2) is 0 Å². The van der Waals surface area contributed by atoms with Gasteiger partial charge in [-0.05, 0) is 30.3 Å². The van der Waals surface area contributed by atoms with E-state index in [2.05, 4.69) is 11.4 Å². The van der Waals surface area contributed by atoms with Gasteiger partial charge >= 0.3 is 0 Å². The summed E-state index contributed by atoms with van der Waals surface area (Å²) >= 11 is 1.43. The largest absolute Gasteiger partial charge is 0.484 e. The van der Waals surface area contributed by atoms with Gasteiger partial charge < -0.3 is 10.1 Å². The summed E-state index contributed by atoms with van der Waals surface area (Å²) in [6.45, 7) is -0.0421. The Labute approximate surface area is 127 Å². The van der Waals surface area contributed by atoms with Crippen molar-refractivity contribution in [2.24, 2.45) is 0 Å². The van der Waals surface area contributed by atoms with Gasteiger partial charge in [0.1, 0.15) is 5.75 Å². The van der Waals surface area contributed by atoms with E-state index in [-0.39, 0.29) is 12.5 Å². The molecule has 0 aromatic heterocycles. The van der Waals surface area contributed by atoms with Gasteiger partial charge in [-0.3, -0.25) is 4.79 Å². The van der Waals surface area contributed by atoms with Crippen LogP contribution in [0, 0.1) is 11.3 Å². The van der Waals surface area contributed by atoms with Gasteiger partial charge in [0.15, 0.2) is 6.61 Å². The highest BCUT2D eigenvalue weighted by atomic mass is 32.2. The molecule has 0 spiro atoms. The first-order valence-electron chi connectivity index (χ1n) is 6.35. The third kappa shape index (κ3) is 5.21. The second-order valence-electron chi connectivity index (χ2n) is 4.12. The smallest absolute Gasteiger partial charge is 0.262 e. The van der Waals surface area contributed by atoms with E-state index in [1.165, 1.54) is 11.8 Å². The number of hydrogen-bond donors (Lipinski definition) is 1. The molecule has 0 atom stereocenters. The maximum atomic E-state index is 11.8. The fourth-order valence-corrected chi connectivity index (χ4v) is 2.26. The molecule has 4 nitrogen and oxygen atoms in total. The van der Waals surface area contributed by atoms with Gasteiger partial charge in [0.25, 0.3) is 5.91 Å². The third-order valence-electron chi connectivity index (χ3n) is 2.53. The van der Waals surface area contributed by atoms with Crippen LogP contribution in [0.2, 0.25) is 0 Å². The molecule has 0 radical (unpaired) electrons. The predicted molar refractivity (Wildman–Crippen MR) is 83.3 cm³/mol. The highest BCUT2D eigenvalue weighted by Gasteiger charge is 2.04. The van der Waals surface area contributed by atoms with Crippen molar-refractivity contribution in [3.63, 3.8) is 0 Å². The zero-order chi connectivity index (χ0) is 14.9. The predicted octanol–water partition coefficient (Wildman–Crippen LogP) is 3.32. The zero-order valence-electron chi connectivity index (χ0n) is 11.3. The van der Waals surface area contributed by atoms with Crippen LogP contribution in [-0.2, 0) is 4.79 Å². The van der Waals surface area contributed by atoms with Crippen LogP contribution in [0.25, 0.3) is 0 Å². The molecule has 0 saturated carbocycles. The molecule has 0 aliphatic heterocycles. The Bertz CT molecular complexity index is 638. The number of carbonyl (C=O) groups excluding carboxylic acids is 1. The van der Waals surface area contributed by atoms with Crippen molar-refractivity contribution in [2.75, 3.05) is 17.7 Å². The number of anilines is 1. The molecule has 106 valence electrons. The maximum Gasteiger partial charge on any atom is 0.262 e. The molecule has 2 rings (SSSR count). The lowest BCUT2D eigenvalue weighted by atomic mass is 10.3. The number of hydrogen-bond acceptors (Lipinski definition) is 4. The Kier molecular flexibility index (Phi) is 5.68. The number of para-hydroxylation sites is 1. The van der Waals surface area contributed by atoms with Crippen LogP contribution in [0.1, 0.15) is 0 Å². The van der Waals surface area contributed by atoms with Gasteiger partial charge in [0.05, 0.1) is 11.8 Å². The van der Waals surface area contributed by atoms with Crippen molar-refractivity contribution in [2.45, 2.75) is 4.90 Å². The highest BCUT2D eigenvalue weighted by Crippen LogP contribution is 2.21. The molecule has 0 unspecified atom stereocenters. The van der Waals surface area contributed by atoms with E-state index < -0.39 is 0 Å². The molecule has 0 bridgehead atoms. The van der Waals surface area contributed by atoms with Crippen molar-refractivity contribution < 1.29 is 9.53 Å². The summed E-state index contributed by atoms with van der Waals surface area (Å²) in [7, 11) is 0. The van der Waals surface area contributed by atoms with Crippen molar-refractivity contribution in [1.29, 1.82) is 5.26 Å². The number of amides is 1. The SMILES string of the molecule is N#CCSc1cccc(NC(=O)COc2ccccc2)c1. The first-order chi connectivity index (χ1) is 10.3. The van der Waals surface area contributed by atoms with E-state index >= 15 is 0 Å². The monoisotopic (exact) mass is 298 g/mol. The Morgan fingerprint density at radius 1 is 1.19 bits per heavy atom. The number of benzene rings is 2. The van der Waals surface area contributed by atoms with E-state index in [1.807, 2.05) is 36.4 Å². The highest BCUT2D eigenvalue weighted by molar-refractivity contribution is 7.99. The summed E-state index contributed by atoms with van der Waals surface area (Å²) in [5, 5.41) is 11.3. The number of nitrogens with one attached hydrogen (secondary N) is 1. The van der Waals surface area contributed by atoms with Crippen LogP contribution in [-0.4, -0.2) is 18.3 Å². The van der Waals surface area contributed by atoms with Crippen molar-refractivity contribution in [3.8, 4) is 11.8 Å². The normalized spacial score (nSPS) is 9.67.